The third kappa shape index (κ3) is 5.26. The molecule has 5 nitrogen and oxygen atoms in total. The Morgan fingerprint density at radius 3 is 1.50 bits per heavy atom. The van der Waals surface area contributed by atoms with Gasteiger partial charge in [0.1, 0.15) is 5.54 Å². The van der Waals surface area contributed by atoms with Crippen LogP contribution in [0.3, 0.4) is 0 Å². The number of hydrogen-bond acceptors (Lipinski definition) is 5. The fourth-order valence-corrected chi connectivity index (χ4v) is 5.67. The molecule has 4 N–H and O–H groups in total. The standard InChI is InChI=1S/C26H34N2O3P/c1-31-32(29,30)28(22-14-3-2-13-21-27)26(23-15-7-4-8-16-23,24-17-9-5-10-18-24)25-19-11-6-12-20-25/h4-12,15-20,29-30H,2-3,13-14,21-22,27H2,1H3/q+1. The van der Waals surface area contributed by atoms with Gasteiger partial charge < -0.3 is 5.73 Å². The van der Waals surface area contributed by atoms with Crippen molar-refractivity contribution in [2.75, 3.05) is 20.2 Å². The highest BCUT2D eigenvalue weighted by molar-refractivity contribution is 7.57. The lowest BCUT2D eigenvalue weighted by Gasteiger charge is -2.43. The summed E-state index contributed by atoms with van der Waals surface area (Å²) in [7, 11) is -2.54. The van der Waals surface area contributed by atoms with E-state index in [2.05, 4.69) is 0 Å². The first-order valence-electron chi connectivity index (χ1n) is 11.1. The second kappa shape index (κ2) is 11.7. The molecule has 0 aliphatic carbocycles. The fourth-order valence-electron chi connectivity index (χ4n) is 4.34. The van der Waals surface area contributed by atoms with Crippen LogP contribution in [0, 0.1) is 0 Å². The van der Waals surface area contributed by atoms with Crippen molar-refractivity contribution in [3.05, 3.63) is 108 Å². The summed E-state index contributed by atoms with van der Waals surface area (Å²) in [5, 5.41) is 0. The Kier molecular flexibility index (Phi) is 8.94. The van der Waals surface area contributed by atoms with Crippen LogP contribution < -0.4 is 5.73 Å². The lowest BCUT2D eigenvalue weighted by Crippen LogP contribution is -2.48. The van der Waals surface area contributed by atoms with Crippen molar-refractivity contribution in [3.63, 3.8) is 0 Å². The lowest BCUT2D eigenvalue weighted by atomic mass is 9.77. The molecule has 6 heteroatoms. The quantitative estimate of drug-likeness (QED) is 0.202. The maximum atomic E-state index is 11.3. The minimum absolute atomic E-state index is 0.456. The molecule has 0 radical (unpaired) electrons. The van der Waals surface area contributed by atoms with Crippen LogP contribution >= 0.6 is 8.09 Å². The van der Waals surface area contributed by atoms with E-state index in [9.17, 15) is 9.79 Å². The van der Waals surface area contributed by atoms with Crippen molar-refractivity contribution in [2.45, 2.75) is 31.2 Å². The smallest absolute Gasteiger partial charge is 0.330 e. The minimum Gasteiger partial charge on any atom is -0.330 e. The molecule has 32 heavy (non-hydrogen) atoms. The average molecular weight is 454 g/mol. The summed E-state index contributed by atoms with van der Waals surface area (Å²) in [4.78, 5) is 22.5. The molecule has 0 atom stereocenters. The number of unbranched alkanes of at least 4 members (excludes halogenated alkanes) is 3. The average Bonchev–Trinajstić information content (AvgIpc) is 2.85. The van der Waals surface area contributed by atoms with E-state index in [1.165, 1.54) is 7.11 Å². The van der Waals surface area contributed by atoms with E-state index in [4.69, 9.17) is 10.3 Å². The van der Waals surface area contributed by atoms with Gasteiger partial charge >= 0.3 is 8.09 Å². The van der Waals surface area contributed by atoms with Gasteiger partial charge in [-0.05, 0) is 36.1 Å². The predicted molar refractivity (Wildman–Crippen MR) is 132 cm³/mol. The van der Waals surface area contributed by atoms with Crippen molar-refractivity contribution in [2.24, 2.45) is 5.73 Å². The molecular formula is C26H34N2O3P+. The van der Waals surface area contributed by atoms with Crippen LogP contribution in [0.15, 0.2) is 91.0 Å². The van der Waals surface area contributed by atoms with Crippen LogP contribution in [0.25, 0.3) is 0 Å². The highest BCUT2D eigenvalue weighted by Crippen LogP contribution is 2.62. The zero-order valence-electron chi connectivity index (χ0n) is 18.7. The first-order chi connectivity index (χ1) is 15.6. The molecule has 0 aromatic heterocycles. The van der Waals surface area contributed by atoms with Crippen LogP contribution in [0.1, 0.15) is 42.4 Å². The van der Waals surface area contributed by atoms with Gasteiger partial charge in [0.2, 0.25) is 0 Å². The van der Waals surface area contributed by atoms with Crippen molar-refractivity contribution in [3.8, 4) is 0 Å². The first kappa shape index (κ1) is 24.5. The molecular weight excluding hydrogens is 419 g/mol. The Labute approximate surface area is 192 Å². The maximum Gasteiger partial charge on any atom is 0.500 e. The van der Waals surface area contributed by atoms with Gasteiger partial charge in [0.15, 0.2) is 0 Å². The van der Waals surface area contributed by atoms with Gasteiger partial charge in [-0.2, -0.15) is 14.3 Å². The molecule has 170 valence electrons. The molecule has 0 unspecified atom stereocenters. The van der Waals surface area contributed by atoms with Crippen molar-refractivity contribution >= 4 is 8.09 Å². The van der Waals surface area contributed by atoms with E-state index in [-0.39, 0.29) is 0 Å². The lowest BCUT2D eigenvalue weighted by molar-refractivity contribution is 0.147. The summed E-state index contributed by atoms with van der Waals surface area (Å²) in [5.74, 6) is 0. The minimum atomic E-state index is -3.90. The van der Waals surface area contributed by atoms with Crippen molar-refractivity contribution in [1.82, 2.24) is 4.67 Å². The first-order valence-corrected chi connectivity index (χ1v) is 12.7. The van der Waals surface area contributed by atoms with Crippen molar-refractivity contribution in [1.29, 1.82) is 0 Å². The number of hydrogen-bond donors (Lipinski definition) is 3. The molecule has 0 heterocycles. The highest BCUT2D eigenvalue weighted by atomic mass is 31.2. The monoisotopic (exact) mass is 453 g/mol. The van der Waals surface area contributed by atoms with Crippen LogP contribution in [-0.4, -0.2) is 34.7 Å². The summed E-state index contributed by atoms with van der Waals surface area (Å²) < 4.78 is 7.14. The SMILES string of the molecule is CO[P+](O)(O)N(CCCCCCN)C(c1ccccc1)(c1ccccc1)c1ccccc1. The summed E-state index contributed by atoms with van der Waals surface area (Å²) >= 11 is 0. The van der Waals surface area contributed by atoms with Gasteiger partial charge in [-0.3, -0.25) is 0 Å². The molecule has 0 amide bonds. The zero-order valence-corrected chi connectivity index (χ0v) is 19.6. The summed E-state index contributed by atoms with van der Waals surface area (Å²) in [6.07, 6.45) is 3.71. The number of benzene rings is 3. The molecule has 0 fully saturated rings. The molecule has 0 bridgehead atoms. The second-order valence-electron chi connectivity index (χ2n) is 7.83. The topological polar surface area (TPSA) is 79.0 Å². The zero-order chi connectivity index (χ0) is 22.9. The van der Waals surface area contributed by atoms with Crippen LogP contribution in [0.4, 0.5) is 0 Å². The second-order valence-corrected chi connectivity index (χ2v) is 9.70. The Hall–Kier alpha value is -2.11. The molecule has 0 aliphatic rings. The van der Waals surface area contributed by atoms with Gasteiger partial charge in [0, 0.05) is 6.54 Å². The summed E-state index contributed by atoms with van der Waals surface area (Å²) in [6, 6.07) is 30.0. The normalized spacial score (nSPS) is 12.3. The van der Waals surface area contributed by atoms with Gasteiger partial charge in [0.05, 0.1) is 7.11 Å². The molecule has 0 spiro atoms. The Morgan fingerprint density at radius 1 is 0.719 bits per heavy atom. The number of nitrogens with zero attached hydrogens (tertiary/aromatic N) is 1. The molecule has 3 rings (SSSR count). The Bertz CT molecular complexity index is 827. The van der Waals surface area contributed by atoms with Crippen LogP contribution in [-0.2, 0) is 10.1 Å². The fraction of sp³-hybridized carbons (Fsp3) is 0.308. The van der Waals surface area contributed by atoms with E-state index in [1.54, 1.807) is 4.67 Å². The van der Waals surface area contributed by atoms with E-state index < -0.39 is 13.6 Å². The predicted octanol–water partition coefficient (Wildman–Crippen LogP) is 5.11. The largest absolute Gasteiger partial charge is 0.500 e. The maximum absolute atomic E-state index is 11.3. The van der Waals surface area contributed by atoms with Crippen LogP contribution in [0.2, 0.25) is 0 Å². The van der Waals surface area contributed by atoms with Gasteiger partial charge in [-0.25, -0.2) is 0 Å². The molecule has 0 saturated carbocycles. The van der Waals surface area contributed by atoms with Crippen LogP contribution in [0.5, 0.6) is 0 Å². The molecule has 3 aromatic carbocycles. The summed E-state index contributed by atoms with van der Waals surface area (Å²) in [6.45, 7) is 1.12. The number of nitrogens with two attached hydrogens (primary N) is 1. The Morgan fingerprint density at radius 2 is 1.12 bits per heavy atom. The number of rotatable bonds is 12. The molecule has 0 aliphatic heterocycles. The van der Waals surface area contributed by atoms with Crippen molar-refractivity contribution < 1.29 is 14.3 Å². The van der Waals surface area contributed by atoms with E-state index in [0.29, 0.717) is 13.1 Å². The van der Waals surface area contributed by atoms with E-state index in [1.807, 2.05) is 91.0 Å². The Balaban J connectivity index is 2.24. The molecule has 3 aromatic rings. The van der Waals surface area contributed by atoms with Gasteiger partial charge in [0.25, 0.3) is 0 Å². The highest BCUT2D eigenvalue weighted by Gasteiger charge is 2.58. The van der Waals surface area contributed by atoms with Gasteiger partial charge in [-0.15, -0.1) is 0 Å². The van der Waals surface area contributed by atoms with E-state index >= 15 is 0 Å². The third-order valence-corrected chi connectivity index (χ3v) is 7.46. The van der Waals surface area contributed by atoms with Gasteiger partial charge in [-0.1, -0.05) is 109 Å². The summed E-state index contributed by atoms with van der Waals surface area (Å²) in [5.41, 5.74) is 7.56. The molecule has 0 saturated heterocycles. The third-order valence-electron chi connectivity index (χ3n) is 5.85. The van der Waals surface area contributed by atoms with E-state index in [0.717, 1.165) is 42.4 Å².